The Labute approximate surface area is 127 Å². The van der Waals surface area contributed by atoms with E-state index in [1.165, 1.54) is 30.7 Å². The van der Waals surface area contributed by atoms with Gasteiger partial charge in [0.15, 0.2) is 0 Å². The summed E-state index contributed by atoms with van der Waals surface area (Å²) >= 11 is 5.86. The molecule has 8 heteroatoms. The van der Waals surface area contributed by atoms with Gasteiger partial charge in [-0.15, -0.1) is 0 Å². The first-order valence-electron chi connectivity index (χ1n) is 5.92. The Kier molecular flexibility index (Phi) is 4.54. The van der Waals surface area contributed by atoms with E-state index in [0.717, 1.165) is 11.8 Å². The van der Waals surface area contributed by atoms with E-state index < -0.39 is 15.9 Å². The summed E-state index contributed by atoms with van der Waals surface area (Å²) in [5.41, 5.74) is 1.12. The molecule has 2 rings (SSSR count). The van der Waals surface area contributed by atoms with Crippen molar-refractivity contribution in [3.8, 4) is 0 Å². The summed E-state index contributed by atoms with van der Waals surface area (Å²) in [5.74, 6) is -0.440. The van der Waals surface area contributed by atoms with Gasteiger partial charge in [0.2, 0.25) is 10.0 Å². The van der Waals surface area contributed by atoms with Gasteiger partial charge in [0, 0.05) is 17.1 Å². The molecule has 1 heterocycles. The van der Waals surface area contributed by atoms with Gasteiger partial charge < -0.3 is 9.73 Å². The lowest BCUT2D eigenvalue weighted by Crippen LogP contribution is -2.24. The number of nitrogens with one attached hydrogen (secondary N) is 2. The Morgan fingerprint density at radius 2 is 2.10 bits per heavy atom. The van der Waals surface area contributed by atoms with Gasteiger partial charge in [-0.2, -0.15) is 0 Å². The van der Waals surface area contributed by atoms with E-state index in [1.54, 1.807) is 6.07 Å². The summed E-state index contributed by atoms with van der Waals surface area (Å²) in [5, 5.41) is 3.00. The molecule has 112 valence electrons. The molecule has 1 aromatic heterocycles. The van der Waals surface area contributed by atoms with Crippen LogP contribution in [0, 0.1) is 0 Å². The number of carbonyl (C=O) groups is 1. The van der Waals surface area contributed by atoms with Crippen LogP contribution < -0.4 is 10.0 Å². The second kappa shape index (κ2) is 6.19. The second-order valence-electron chi connectivity index (χ2n) is 4.38. The molecule has 0 radical (unpaired) electrons. The zero-order chi connectivity index (χ0) is 15.5. The summed E-state index contributed by atoms with van der Waals surface area (Å²) in [6.07, 6.45) is 4.01. The number of anilines is 1. The molecule has 0 aliphatic heterocycles. The van der Waals surface area contributed by atoms with E-state index in [2.05, 4.69) is 10.0 Å². The van der Waals surface area contributed by atoms with Crippen LogP contribution >= 0.6 is 11.6 Å². The molecule has 0 atom stereocenters. The predicted molar refractivity (Wildman–Crippen MR) is 79.8 cm³/mol. The third-order valence-electron chi connectivity index (χ3n) is 2.55. The van der Waals surface area contributed by atoms with Crippen LogP contribution in [0.4, 0.5) is 5.69 Å². The molecule has 1 aromatic carbocycles. The molecule has 0 aliphatic carbocycles. The first-order chi connectivity index (χ1) is 9.85. The highest BCUT2D eigenvalue weighted by Crippen LogP contribution is 2.21. The molecule has 2 N–H and O–H groups in total. The molecule has 0 bridgehead atoms. The lowest BCUT2D eigenvalue weighted by atomic mass is 10.1. The Morgan fingerprint density at radius 1 is 1.33 bits per heavy atom. The average Bonchev–Trinajstić information content (AvgIpc) is 2.89. The summed E-state index contributed by atoms with van der Waals surface area (Å²) < 4.78 is 29.8. The summed E-state index contributed by atoms with van der Waals surface area (Å²) in [4.78, 5) is 12.2. The van der Waals surface area contributed by atoms with Crippen molar-refractivity contribution < 1.29 is 17.6 Å². The van der Waals surface area contributed by atoms with Crippen molar-refractivity contribution in [1.29, 1.82) is 0 Å². The summed E-state index contributed by atoms with van der Waals surface area (Å²) in [6.45, 7) is 0.264. The van der Waals surface area contributed by atoms with E-state index in [-0.39, 0.29) is 17.8 Å². The maximum Gasteiger partial charge on any atom is 0.253 e. The van der Waals surface area contributed by atoms with E-state index in [4.69, 9.17) is 16.0 Å². The largest absolute Gasteiger partial charge is 0.472 e. The first kappa shape index (κ1) is 15.4. The van der Waals surface area contributed by atoms with E-state index in [0.29, 0.717) is 5.02 Å². The van der Waals surface area contributed by atoms with Crippen molar-refractivity contribution in [2.45, 2.75) is 6.54 Å². The van der Waals surface area contributed by atoms with Crippen molar-refractivity contribution in [3.05, 3.63) is 52.9 Å². The molecular weight excluding hydrogens is 316 g/mol. The highest BCUT2D eigenvalue weighted by molar-refractivity contribution is 7.92. The van der Waals surface area contributed by atoms with Gasteiger partial charge in [0.05, 0.1) is 30.0 Å². The number of sulfonamides is 1. The van der Waals surface area contributed by atoms with Gasteiger partial charge in [-0.05, 0) is 24.3 Å². The van der Waals surface area contributed by atoms with Gasteiger partial charge in [0.25, 0.3) is 5.91 Å². The Balaban J connectivity index is 2.20. The minimum atomic E-state index is -3.49. The van der Waals surface area contributed by atoms with E-state index in [1.807, 2.05) is 0 Å². The van der Waals surface area contributed by atoms with Crippen LogP contribution in [0.5, 0.6) is 0 Å². The van der Waals surface area contributed by atoms with E-state index in [9.17, 15) is 13.2 Å². The molecule has 21 heavy (non-hydrogen) atoms. The molecule has 6 nitrogen and oxygen atoms in total. The number of amides is 1. The van der Waals surface area contributed by atoms with Gasteiger partial charge in [0.1, 0.15) is 0 Å². The minimum Gasteiger partial charge on any atom is -0.472 e. The van der Waals surface area contributed by atoms with Crippen LogP contribution in [0.3, 0.4) is 0 Å². The Bertz CT molecular complexity index is 742. The molecule has 1 amide bonds. The minimum absolute atomic E-state index is 0.149. The normalized spacial score (nSPS) is 11.1. The molecule has 0 saturated carbocycles. The van der Waals surface area contributed by atoms with Gasteiger partial charge in [-0.1, -0.05) is 11.6 Å². The van der Waals surface area contributed by atoms with Crippen molar-refractivity contribution in [1.82, 2.24) is 5.32 Å². The molecule has 0 fully saturated rings. The maximum atomic E-state index is 12.2. The van der Waals surface area contributed by atoms with E-state index >= 15 is 0 Å². The van der Waals surface area contributed by atoms with Gasteiger partial charge in [-0.25, -0.2) is 8.42 Å². The highest BCUT2D eigenvalue weighted by atomic mass is 35.5. The lowest BCUT2D eigenvalue weighted by Gasteiger charge is -2.11. The number of furan rings is 1. The quantitative estimate of drug-likeness (QED) is 0.881. The molecule has 2 aromatic rings. The third-order valence-corrected chi connectivity index (χ3v) is 3.38. The fourth-order valence-corrected chi connectivity index (χ4v) is 2.41. The van der Waals surface area contributed by atoms with Gasteiger partial charge in [-0.3, -0.25) is 9.52 Å². The zero-order valence-electron chi connectivity index (χ0n) is 11.1. The van der Waals surface area contributed by atoms with Crippen molar-refractivity contribution in [2.24, 2.45) is 0 Å². The highest BCUT2D eigenvalue weighted by Gasteiger charge is 2.14. The molecule has 0 spiro atoms. The number of hydrogen-bond donors (Lipinski definition) is 2. The molecule has 0 saturated heterocycles. The number of carbonyl (C=O) groups excluding carboxylic acids is 1. The van der Waals surface area contributed by atoms with Crippen LogP contribution in [0.1, 0.15) is 15.9 Å². The van der Waals surface area contributed by atoms with Crippen LogP contribution in [-0.2, 0) is 16.6 Å². The molecule has 0 unspecified atom stereocenters. The fourth-order valence-electron chi connectivity index (χ4n) is 1.66. The Morgan fingerprint density at radius 3 is 2.71 bits per heavy atom. The monoisotopic (exact) mass is 328 g/mol. The second-order valence-corrected chi connectivity index (χ2v) is 6.56. The van der Waals surface area contributed by atoms with Crippen LogP contribution in [0.15, 0.2) is 41.2 Å². The van der Waals surface area contributed by atoms with Crippen molar-refractivity contribution in [2.75, 3.05) is 11.0 Å². The molecular formula is C13H13ClN2O4S. The van der Waals surface area contributed by atoms with Crippen LogP contribution in [0.2, 0.25) is 5.02 Å². The lowest BCUT2D eigenvalue weighted by molar-refractivity contribution is 0.0952. The summed E-state index contributed by atoms with van der Waals surface area (Å²) in [7, 11) is -3.49. The predicted octanol–water partition coefficient (Wildman–Crippen LogP) is 2.23. The van der Waals surface area contributed by atoms with Gasteiger partial charge >= 0.3 is 0 Å². The number of hydrogen-bond acceptors (Lipinski definition) is 4. The van der Waals surface area contributed by atoms with Crippen LogP contribution in [-0.4, -0.2) is 20.6 Å². The topological polar surface area (TPSA) is 88.4 Å². The standard InChI is InChI=1S/C13H13ClN2O4S/c1-21(18,19)16-12-3-2-10(14)6-11(12)13(17)15-7-9-4-5-20-8-9/h2-6,8,16H,7H2,1H3,(H,15,17). The maximum absolute atomic E-state index is 12.2. The number of halogens is 1. The first-order valence-corrected chi connectivity index (χ1v) is 8.19. The smallest absolute Gasteiger partial charge is 0.253 e. The number of rotatable bonds is 5. The number of benzene rings is 1. The zero-order valence-corrected chi connectivity index (χ0v) is 12.7. The van der Waals surface area contributed by atoms with Crippen molar-refractivity contribution in [3.63, 3.8) is 0 Å². The molecule has 0 aliphatic rings. The third kappa shape index (κ3) is 4.51. The average molecular weight is 329 g/mol. The fraction of sp³-hybridized carbons (Fsp3) is 0.154. The Hall–Kier alpha value is -1.99. The van der Waals surface area contributed by atoms with Crippen molar-refractivity contribution >= 4 is 33.2 Å². The SMILES string of the molecule is CS(=O)(=O)Nc1ccc(Cl)cc1C(=O)NCc1ccoc1. The van der Waals surface area contributed by atoms with Crippen LogP contribution in [0.25, 0.3) is 0 Å². The summed E-state index contributed by atoms with van der Waals surface area (Å²) in [6, 6.07) is 6.06.